The summed E-state index contributed by atoms with van der Waals surface area (Å²) in [6, 6.07) is 7.37. The minimum absolute atomic E-state index is 0.0797. The Bertz CT molecular complexity index is 951. The molecule has 32 heavy (non-hydrogen) atoms. The maximum Gasteiger partial charge on any atom is 0.310 e. The highest BCUT2D eigenvalue weighted by Gasteiger charge is 2.54. The van der Waals surface area contributed by atoms with Gasteiger partial charge < -0.3 is 14.0 Å². The van der Waals surface area contributed by atoms with E-state index in [2.05, 4.69) is 5.16 Å². The van der Waals surface area contributed by atoms with Crippen molar-refractivity contribution < 1.29 is 23.6 Å². The van der Waals surface area contributed by atoms with Crippen molar-refractivity contribution >= 4 is 11.8 Å². The summed E-state index contributed by atoms with van der Waals surface area (Å²) >= 11 is 0. The first kappa shape index (κ1) is 21.2. The van der Waals surface area contributed by atoms with E-state index in [1.54, 1.807) is 0 Å². The van der Waals surface area contributed by atoms with E-state index in [-0.39, 0.29) is 30.2 Å². The zero-order chi connectivity index (χ0) is 22.3. The number of benzene rings is 1. The first-order valence-electron chi connectivity index (χ1n) is 11.7. The highest BCUT2D eigenvalue weighted by Crippen LogP contribution is 2.60. The van der Waals surface area contributed by atoms with Gasteiger partial charge >= 0.3 is 5.97 Å². The maximum atomic E-state index is 13.0. The van der Waals surface area contributed by atoms with Crippen molar-refractivity contribution in [3.05, 3.63) is 46.8 Å². The van der Waals surface area contributed by atoms with Crippen LogP contribution in [0.3, 0.4) is 0 Å². The minimum atomic E-state index is -0.354. The second kappa shape index (κ2) is 8.38. The van der Waals surface area contributed by atoms with Gasteiger partial charge in [-0.3, -0.25) is 9.59 Å². The lowest BCUT2D eigenvalue weighted by molar-refractivity contribution is -0.157. The number of nitrogens with zero attached hydrogens (tertiary/aromatic N) is 1. The monoisotopic (exact) mass is 437 g/mol. The van der Waals surface area contributed by atoms with Crippen LogP contribution in [0.4, 0.5) is 0 Å². The second-order valence-corrected chi connectivity index (χ2v) is 10.2. The summed E-state index contributed by atoms with van der Waals surface area (Å²) < 4.78 is 16.4. The average Bonchev–Trinajstić information content (AvgIpc) is 3.08. The van der Waals surface area contributed by atoms with Crippen LogP contribution in [0.1, 0.15) is 61.1 Å². The second-order valence-electron chi connectivity index (χ2n) is 10.2. The standard InChI is InChI=1S/C26H31NO5/c1-16-23(17(2)32-27-16)14-30-22-5-3-18(4-6-22)10-25(29)31-15-24(28)26-11-19-7-20(12-26)9-21(8-19)13-26/h3-6,19-21H,7-15H2,1-2H3. The summed E-state index contributed by atoms with van der Waals surface area (Å²) in [5, 5.41) is 3.93. The molecule has 6 nitrogen and oxygen atoms in total. The molecule has 2 aromatic rings. The van der Waals surface area contributed by atoms with Crippen molar-refractivity contribution in [2.45, 2.75) is 65.4 Å². The number of hydrogen-bond donors (Lipinski definition) is 0. The smallest absolute Gasteiger partial charge is 0.310 e. The van der Waals surface area contributed by atoms with Crippen molar-refractivity contribution in [3.8, 4) is 5.75 Å². The fourth-order valence-electron chi connectivity index (χ4n) is 6.54. The number of hydrogen-bond acceptors (Lipinski definition) is 6. The van der Waals surface area contributed by atoms with E-state index in [1.165, 1.54) is 19.3 Å². The molecule has 4 aliphatic rings. The Morgan fingerprint density at radius 1 is 1.03 bits per heavy atom. The van der Waals surface area contributed by atoms with Gasteiger partial charge in [0.05, 0.1) is 17.7 Å². The van der Waals surface area contributed by atoms with Crippen molar-refractivity contribution in [1.29, 1.82) is 0 Å². The lowest BCUT2D eigenvalue weighted by atomic mass is 9.48. The highest BCUT2D eigenvalue weighted by atomic mass is 16.5. The van der Waals surface area contributed by atoms with Crippen LogP contribution < -0.4 is 4.74 Å². The minimum Gasteiger partial charge on any atom is -0.489 e. The normalized spacial score (nSPS) is 28.0. The van der Waals surface area contributed by atoms with Gasteiger partial charge in [-0.05, 0) is 87.8 Å². The number of aryl methyl sites for hydroxylation is 2. The summed E-state index contributed by atoms with van der Waals surface area (Å²) in [6.45, 7) is 4.05. The van der Waals surface area contributed by atoms with E-state index in [0.29, 0.717) is 30.1 Å². The van der Waals surface area contributed by atoms with E-state index < -0.39 is 0 Å². The fraction of sp³-hybridized carbons (Fsp3) is 0.577. The van der Waals surface area contributed by atoms with Crippen molar-refractivity contribution in [2.75, 3.05) is 6.61 Å². The fourth-order valence-corrected chi connectivity index (χ4v) is 6.54. The molecule has 0 unspecified atom stereocenters. The summed E-state index contributed by atoms with van der Waals surface area (Å²) in [7, 11) is 0. The molecule has 1 aromatic heterocycles. The first-order valence-corrected chi connectivity index (χ1v) is 11.7. The predicted octanol–water partition coefficient (Wildman–Crippen LogP) is 4.74. The molecule has 4 saturated carbocycles. The zero-order valence-electron chi connectivity index (χ0n) is 18.9. The van der Waals surface area contributed by atoms with Gasteiger partial charge in [0, 0.05) is 5.41 Å². The number of esters is 1. The largest absolute Gasteiger partial charge is 0.489 e. The molecular weight excluding hydrogens is 406 g/mol. The molecule has 6 heteroatoms. The molecule has 0 saturated heterocycles. The Hall–Kier alpha value is -2.63. The Morgan fingerprint density at radius 2 is 1.66 bits per heavy atom. The van der Waals surface area contributed by atoms with E-state index in [9.17, 15) is 9.59 Å². The number of carbonyl (C=O) groups excluding carboxylic acids is 2. The quantitative estimate of drug-likeness (QED) is 0.555. The number of Topliss-reactive ketones (excluding diaryl/α,β-unsaturated/α-hetero) is 1. The number of aromatic nitrogens is 1. The third-order valence-corrected chi connectivity index (χ3v) is 7.83. The van der Waals surface area contributed by atoms with E-state index in [4.69, 9.17) is 14.0 Å². The maximum absolute atomic E-state index is 13.0. The van der Waals surface area contributed by atoms with Crippen LogP contribution in [0.25, 0.3) is 0 Å². The lowest BCUT2D eigenvalue weighted by Gasteiger charge is -2.55. The molecule has 0 radical (unpaired) electrons. The average molecular weight is 438 g/mol. The number of ether oxygens (including phenoxy) is 2. The van der Waals surface area contributed by atoms with Crippen molar-refractivity contribution in [1.82, 2.24) is 5.16 Å². The van der Waals surface area contributed by atoms with Crippen molar-refractivity contribution in [2.24, 2.45) is 23.2 Å². The molecule has 1 heterocycles. The molecular formula is C26H31NO5. The van der Waals surface area contributed by atoms with Gasteiger partial charge in [-0.15, -0.1) is 0 Å². The molecule has 0 aliphatic heterocycles. The number of ketones is 1. The molecule has 170 valence electrons. The molecule has 0 amide bonds. The van der Waals surface area contributed by atoms with Gasteiger partial charge in [-0.25, -0.2) is 0 Å². The van der Waals surface area contributed by atoms with Crippen LogP contribution in [-0.4, -0.2) is 23.5 Å². The van der Waals surface area contributed by atoms with Gasteiger partial charge in [0.1, 0.15) is 18.1 Å². The van der Waals surface area contributed by atoms with Gasteiger partial charge in [0.15, 0.2) is 12.4 Å². The molecule has 4 bridgehead atoms. The van der Waals surface area contributed by atoms with Crippen LogP contribution in [-0.2, 0) is 27.4 Å². The van der Waals surface area contributed by atoms with E-state index >= 15 is 0 Å². The van der Waals surface area contributed by atoms with Crippen LogP contribution in [0.15, 0.2) is 28.8 Å². The SMILES string of the molecule is Cc1noc(C)c1COc1ccc(CC(=O)OCC(=O)C23CC4CC(CC(C4)C2)C3)cc1. The molecule has 0 spiro atoms. The molecule has 0 atom stereocenters. The van der Waals surface area contributed by atoms with Crippen LogP contribution in [0.5, 0.6) is 5.75 Å². The number of carbonyl (C=O) groups is 2. The summed E-state index contributed by atoms with van der Waals surface area (Å²) in [6.07, 6.45) is 7.05. The third-order valence-electron chi connectivity index (χ3n) is 7.83. The third kappa shape index (κ3) is 4.19. The Kier molecular flexibility index (Phi) is 5.56. The Labute approximate surface area is 188 Å². The van der Waals surface area contributed by atoms with Crippen LogP contribution >= 0.6 is 0 Å². The summed E-state index contributed by atoms with van der Waals surface area (Å²) in [4.78, 5) is 25.4. The zero-order valence-corrected chi connectivity index (χ0v) is 18.9. The summed E-state index contributed by atoms with van der Waals surface area (Å²) in [5.74, 6) is 3.38. The molecule has 4 fully saturated rings. The Balaban J connectivity index is 1.10. The van der Waals surface area contributed by atoms with Gasteiger partial charge in [0.25, 0.3) is 0 Å². The Morgan fingerprint density at radius 3 is 2.22 bits per heavy atom. The van der Waals surface area contributed by atoms with Crippen molar-refractivity contribution in [3.63, 3.8) is 0 Å². The van der Waals surface area contributed by atoms with E-state index in [1.807, 2.05) is 38.1 Å². The molecule has 0 N–H and O–H groups in total. The highest BCUT2D eigenvalue weighted by molar-refractivity contribution is 5.88. The van der Waals surface area contributed by atoms with Crippen LogP contribution in [0.2, 0.25) is 0 Å². The van der Waals surface area contributed by atoms with E-state index in [0.717, 1.165) is 41.8 Å². The predicted molar refractivity (Wildman–Crippen MR) is 117 cm³/mol. The lowest BCUT2D eigenvalue weighted by Crippen LogP contribution is -2.51. The summed E-state index contributed by atoms with van der Waals surface area (Å²) in [5.41, 5.74) is 2.39. The molecule has 4 aliphatic carbocycles. The van der Waals surface area contributed by atoms with Gasteiger partial charge in [-0.1, -0.05) is 17.3 Å². The van der Waals surface area contributed by atoms with Crippen LogP contribution in [0, 0.1) is 37.0 Å². The van der Waals surface area contributed by atoms with Gasteiger partial charge in [0.2, 0.25) is 0 Å². The topological polar surface area (TPSA) is 78.6 Å². The first-order chi connectivity index (χ1) is 15.4. The molecule has 6 rings (SSSR count). The van der Waals surface area contributed by atoms with Gasteiger partial charge in [-0.2, -0.15) is 0 Å². The molecule has 1 aromatic carbocycles. The number of rotatable bonds is 8.